The third-order valence-corrected chi connectivity index (χ3v) is 3.24. The second kappa shape index (κ2) is 8.20. The molecule has 0 heterocycles. The topological polar surface area (TPSA) is 44.4 Å². The number of hydrogen-bond acceptors (Lipinski definition) is 3. The summed E-state index contributed by atoms with van der Waals surface area (Å²) >= 11 is 0. The van der Waals surface area contributed by atoms with Crippen LogP contribution in [0, 0.1) is 0 Å². The molecular formula is C18H23N3O. The van der Waals surface area contributed by atoms with Crippen LogP contribution in [-0.4, -0.2) is 31.4 Å². The largest absolute Gasteiger partial charge is 0.376 e. The molecule has 0 radical (unpaired) electrons. The summed E-state index contributed by atoms with van der Waals surface area (Å²) in [6.07, 6.45) is 0. The third-order valence-electron chi connectivity index (χ3n) is 3.24. The van der Waals surface area contributed by atoms with Gasteiger partial charge in [-0.15, -0.1) is 0 Å². The van der Waals surface area contributed by atoms with Gasteiger partial charge in [0.2, 0.25) is 5.91 Å². The summed E-state index contributed by atoms with van der Waals surface area (Å²) in [6.45, 7) is 1.76. The molecule has 4 nitrogen and oxygen atoms in total. The smallest absolute Gasteiger partial charge is 0.239 e. The zero-order valence-corrected chi connectivity index (χ0v) is 13.2. The van der Waals surface area contributed by atoms with E-state index in [1.807, 2.05) is 44.4 Å². The SMILES string of the molecule is CN(C)Cc1ccc(CNC(=O)CNc2ccccc2)cc1. The van der Waals surface area contributed by atoms with Crippen molar-refractivity contribution in [2.24, 2.45) is 0 Å². The number of nitrogens with zero attached hydrogens (tertiary/aromatic N) is 1. The van der Waals surface area contributed by atoms with E-state index in [9.17, 15) is 4.79 Å². The third kappa shape index (κ3) is 5.58. The van der Waals surface area contributed by atoms with Crippen molar-refractivity contribution < 1.29 is 4.79 Å². The van der Waals surface area contributed by atoms with Crippen LogP contribution in [-0.2, 0) is 17.9 Å². The molecule has 0 spiro atoms. The number of rotatable bonds is 7. The average Bonchev–Trinajstić information content (AvgIpc) is 2.53. The summed E-state index contributed by atoms with van der Waals surface area (Å²) in [5.74, 6) is -0.0128. The predicted molar refractivity (Wildman–Crippen MR) is 90.6 cm³/mol. The number of carbonyl (C=O) groups is 1. The van der Waals surface area contributed by atoms with Gasteiger partial charge in [-0.3, -0.25) is 4.79 Å². The second-order valence-corrected chi connectivity index (χ2v) is 5.55. The predicted octanol–water partition coefficient (Wildman–Crippen LogP) is 2.48. The van der Waals surface area contributed by atoms with E-state index < -0.39 is 0 Å². The molecule has 116 valence electrons. The van der Waals surface area contributed by atoms with Crippen LogP contribution in [0.15, 0.2) is 54.6 Å². The number of hydrogen-bond donors (Lipinski definition) is 2. The van der Waals surface area contributed by atoms with E-state index in [0.29, 0.717) is 6.54 Å². The minimum atomic E-state index is -0.0128. The highest BCUT2D eigenvalue weighted by Gasteiger charge is 2.02. The van der Waals surface area contributed by atoms with E-state index in [1.165, 1.54) is 5.56 Å². The Morgan fingerprint density at radius 1 is 0.955 bits per heavy atom. The molecule has 0 bridgehead atoms. The van der Waals surface area contributed by atoms with E-state index in [-0.39, 0.29) is 12.5 Å². The number of amides is 1. The highest BCUT2D eigenvalue weighted by Crippen LogP contribution is 2.06. The van der Waals surface area contributed by atoms with Crippen LogP contribution in [0.2, 0.25) is 0 Å². The molecule has 0 aliphatic heterocycles. The van der Waals surface area contributed by atoms with Gasteiger partial charge in [0, 0.05) is 18.8 Å². The maximum atomic E-state index is 11.8. The number of carbonyl (C=O) groups excluding carboxylic acids is 1. The Hall–Kier alpha value is -2.33. The van der Waals surface area contributed by atoms with Crippen LogP contribution in [0.3, 0.4) is 0 Å². The zero-order chi connectivity index (χ0) is 15.8. The van der Waals surface area contributed by atoms with Crippen molar-refractivity contribution in [3.63, 3.8) is 0 Å². The molecule has 0 aliphatic carbocycles. The van der Waals surface area contributed by atoms with Crippen LogP contribution >= 0.6 is 0 Å². The highest BCUT2D eigenvalue weighted by molar-refractivity contribution is 5.80. The number of benzene rings is 2. The summed E-state index contributed by atoms with van der Waals surface area (Å²) in [7, 11) is 4.10. The second-order valence-electron chi connectivity index (χ2n) is 5.55. The van der Waals surface area contributed by atoms with Gasteiger partial charge < -0.3 is 15.5 Å². The fraction of sp³-hybridized carbons (Fsp3) is 0.278. The summed E-state index contributed by atoms with van der Waals surface area (Å²) in [5.41, 5.74) is 3.33. The van der Waals surface area contributed by atoms with Crippen molar-refractivity contribution in [1.82, 2.24) is 10.2 Å². The number of para-hydroxylation sites is 1. The van der Waals surface area contributed by atoms with Crippen molar-refractivity contribution in [1.29, 1.82) is 0 Å². The van der Waals surface area contributed by atoms with Crippen LogP contribution < -0.4 is 10.6 Å². The maximum Gasteiger partial charge on any atom is 0.239 e. The van der Waals surface area contributed by atoms with E-state index in [0.717, 1.165) is 17.8 Å². The Morgan fingerprint density at radius 2 is 1.59 bits per heavy atom. The first-order valence-corrected chi connectivity index (χ1v) is 7.41. The fourth-order valence-electron chi connectivity index (χ4n) is 2.13. The lowest BCUT2D eigenvalue weighted by Gasteiger charge is -2.11. The minimum absolute atomic E-state index is 0.0128. The number of nitrogens with one attached hydrogen (secondary N) is 2. The molecule has 4 heteroatoms. The van der Waals surface area contributed by atoms with Crippen LogP contribution in [0.1, 0.15) is 11.1 Å². The van der Waals surface area contributed by atoms with E-state index in [2.05, 4.69) is 39.8 Å². The van der Waals surface area contributed by atoms with Gasteiger partial charge in [0.25, 0.3) is 0 Å². The molecule has 2 rings (SSSR count). The lowest BCUT2D eigenvalue weighted by Crippen LogP contribution is -2.29. The van der Waals surface area contributed by atoms with Crippen molar-refractivity contribution in [3.8, 4) is 0 Å². The van der Waals surface area contributed by atoms with Gasteiger partial charge in [-0.05, 0) is 37.4 Å². The standard InChI is InChI=1S/C18H23N3O/c1-21(2)14-16-10-8-15(9-11-16)12-20-18(22)13-19-17-6-4-3-5-7-17/h3-11,19H,12-14H2,1-2H3,(H,20,22). The van der Waals surface area contributed by atoms with Gasteiger partial charge in [-0.2, -0.15) is 0 Å². The Bertz CT molecular complexity index is 579. The maximum absolute atomic E-state index is 11.8. The van der Waals surface area contributed by atoms with Crippen molar-refractivity contribution in [2.45, 2.75) is 13.1 Å². The van der Waals surface area contributed by atoms with Gasteiger partial charge in [0.15, 0.2) is 0 Å². The van der Waals surface area contributed by atoms with E-state index in [1.54, 1.807) is 0 Å². The molecule has 22 heavy (non-hydrogen) atoms. The molecule has 0 saturated heterocycles. The van der Waals surface area contributed by atoms with Crippen LogP contribution in [0.5, 0.6) is 0 Å². The molecule has 0 atom stereocenters. The van der Waals surface area contributed by atoms with Crippen molar-refractivity contribution >= 4 is 11.6 Å². The molecule has 0 fully saturated rings. The van der Waals surface area contributed by atoms with Crippen molar-refractivity contribution in [2.75, 3.05) is 26.0 Å². The molecule has 2 aromatic carbocycles. The Morgan fingerprint density at radius 3 is 2.23 bits per heavy atom. The van der Waals surface area contributed by atoms with Gasteiger partial charge in [0.1, 0.15) is 0 Å². The Balaban J connectivity index is 1.74. The van der Waals surface area contributed by atoms with Gasteiger partial charge in [0.05, 0.1) is 6.54 Å². The first-order valence-electron chi connectivity index (χ1n) is 7.41. The van der Waals surface area contributed by atoms with Gasteiger partial charge in [-0.25, -0.2) is 0 Å². The summed E-state index contributed by atoms with van der Waals surface area (Å²) in [5, 5.41) is 6.01. The molecule has 0 aromatic heterocycles. The average molecular weight is 297 g/mol. The lowest BCUT2D eigenvalue weighted by atomic mass is 10.1. The van der Waals surface area contributed by atoms with Crippen LogP contribution in [0.25, 0.3) is 0 Å². The van der Waals surface area contributed by atoms with E-state index >= 15 is 0 Å². The normalized spacial score (nSPS) is 10.5. The molecule has 0 saturated carbocycles. The monoisotopic (exact) mass is 297 g/mol. The first kappa shape index (κ1) is 16.0. The summed E-state index contributed by atoms with van der Waals surface area (Å²) < 4.78 is 0. The quantitative estimate of drug-likeness (QED) is 0.825. The first-order chi connectivity index (χ1) is 10.6. The number of anilines is 1. The van der Waals surface area contributed by atoms with Crippen LogP contribution in [0.4, 0.5) is 5.69 Å². The molecule has 0 unspecified atom stereocenters. The fourth-order valence-corrected chi connectivity index (χ4v) is 2.13. The summed E-state index contributed by atoms with van der Waals surface area (Å²) in [6, 6.07) is 18.0. The molecule has 1 amide bonds. The summed E-state index contributed by atoms with van der Waals surface area (Å²) in [4.78, 5) is 14.0. The van der Waals surface area contributed by atoms with E-state index in [4.69, 9.17) is 0 Å². The molecule has 0 aliphatic rings. The Kier molecular flexibility index (Phi) is 5.98. The highest BCUT2D eigenvalue weighted by atomic mass is 16.1. The lowest BCUT2D eigenvalue weighted by molar-refractivity contribution is -0.119. The van der Waals surface area contributed by atoms with Gasteiger partial charge >= 0.3 is 0 Å². The van der Waals surface area contributed by atoms with Gasteiger partial charge in [-0.1, -0.05) is 42.5 Å². The zero-order valence-electron chi connectivity index (χ0n) is 13.2. The minimum Gasteiger partial charge on any atom is -0.376 e. The molecular weight excluding hydrogens is 274 g/mol. The molecule has 2 N–H and O–H groups in total. The van der Waals surface area contributed by atoms with Crippen molar-refractivity contribution in [3.05, 3.63) is 65.7 Å². The molecule has 2 aromatic rings. The Labute approximate surface area is 132 Å².